The molecule has 1 amide bonds. The highest BCUT2D eigenvalue weighted by atomic mass is 32.2. The molecule has 6 heteroatoms. The molecule has 3 unspecified atom stereocenters. The number of aliphatic carboxylic acids is 1. The zero-order chi connectivity index (χ0) is 12.0. The number of hydrogen-bond acceptors (Lipinski definition) is 3. The van der Waals surface area contributed by atoms with E-state index >= 15 is 0 Å². The SMILES string of the molecule is CC(C(=O)O)C(C)C(=O)NCCS(C)=O. The summed E-state index contributed by atoms with van der Waals surface area (Å²) in [4.78, 5) is 22.0. The number of carbonyl (C=O) groups is 2. The molecule has 2 N–H and O–H groups in total. The molecule has 0 saturated carbocycles. The molecule has 0 aliphatic carbocycles. The Morgan fingerprint density at radius 3 is 2.27 bits per heavy atom. The minimum Gasteiger partial charge on any atom is -0.481 e. The summed E-state index contributed by atoms with van der Waals surface area (Å²) >= 11 is 0. The second kappa shape index (κ2) is 6.55. The Morgan fingerprint density at radius 2 is 1.87 bits per heavy atom. The fourth-order valence-electron chi connectivity index (χ4n) is 0.920. The largest absolute Gasteiger partial charge is 0.481 e. The van der Waals surface area contributed by atoms with E-state index in [0.29, 0.717) is 12.3 Å². The molecule has 0 fully saturated rings. The van der Waals surface area contributed by atoms with Gasteiger partial charge in [0.25, 0.3) is 0 Å². The van der Waals surface area contributed by atoms with Crippen molar-refractivity contribution in [2.75, 3.05) is 18.6 Å². The third-order valence-corrected chi connectivity index (χ3v) is 3.02. The van der Waals surface area contributed by atoms with Gasteiger partial charge in [-0.1, -0.05) is 13.8 Å². The third-order valence-electron chi connectivity index (χ3n) is 2.24. The van der Waals surface area contributed by atoms with Crippen molar-refractivity contribution in [2.24, 2.45) is 11.8 Å². The number of carboxylic acids is 1. The first-order chi connectivity index (χ1) is 6.86. The number of carbonyl (C=O) groups excluding carboxylic acids is 1. The van der Waals surface area contributed by atoms with Crippen molar-refractivity contribution in [3.63, 3.8) is 0 Å². The molecule has 0 bridgehead atoms. The first-order valence-electron chi connectivity index (χ1n) is 4.66. The van der Waals surface area contributed by atoms with Crippen LogP contribution in [0.2, 0.25) is 0 Å². The number of hydrogen-bond donors (Lipinski definition) is 2. The lowest BCUT2D eigenvalue weighted by Gasteiger charge is -2.15. The van der Waals surface area contributed by atoms with Crippen molar-refractivity contribution in [1.29, 1.82) is 0 Å². The van der Waals surface area contributed by atoms with Gasteiger partial charge in [-0.25, -0.2) is 0 Å². The van der Waals surface area contributed by atoms with Gasteiger partial charge in [0.1, 0.15) is 0 Å². The van der Waals surface area contributed by atoms with Gasteiger partial charge in [0.2, 0.25) is 5.91 Å². The predicted molar refractivity (Wildman–Crippen MR) is 57.9 cm³/mol. The van der Waals surface area contributed by atoms with Crippen molar-refractivity contribution in [1.82, 2.24) is 5.32 Å². The molecule has 0 aromatic heterocycles. The molecule has 3 atom stereocenters. The second-order valence-electron chi connectivity index (χ2n) is 3.48. The summed E-state index contributed by atoms with van der Waals surface area (Å²) in [7, 11) is -0.946. The van der Waals surface area contributed by atoms with Gasteiger partial charge in [0.15, 0.2) is 0 Å². The van der Waals surface area contributed by atoms with E-state index < -0.39 is 28.6 Å². The summed E-state index contributed by atoms with van der Waals surface area (Å²) in [5, 5.41) is 11.2. The molecular formula is C9H17NO4S. The fraction of sp³-hybridized carbons (Fsp3) is 0.778. The van der Waals surface area contributed by atoms with E-state index in [1.807, 2.05) is 0 Å². The summed E-state index contributed by atoms with van der Waals surface area (Å²) in [5.74, 6) is -2.20. The molecule has 0 spiro atoms. The third kappa shape index (κ3) is 5.51. The van der Waals surface area contributed by atoms with Crippen LogP contribution < -0.4 is 5.32 Å². The summed E-state index contributed by atoms with van der Waals surface area (Å²) < 4.78 is 10.7. The van der Waals surface area contributed by atoms with Crippen molar-refractivity contribution in [2.45, 2.75) is 13.8 Å². The number of nitrogens with one attached hydrogen (secondary N) is 1. The quantitative estimate of drug-likeness (QED) is 0.670. The highest BCUT2D eigenvalue weighted by Crippen LogP contribution is 2.10. The van der Waals surface area contributed by atoms with E-state index in [2.05, 4.69) is 5.32 Å². The Bertz CT molecular complexity index is 267. The van der Waals surface area contributed by atoms with E-state index in [9.17, 15) is 13.8 Å². The Balaban J connectivity index is 3.99. The Labute approximate surface area is 91.7 Å². The molecule has 0 rings (SSSR count). The average Bonchev–Trinajstić information content (AvgIpc) is 2.14. The van der Waals surface area contributed by atoms with Crippen LogP contribution in [0.4, 0.5) is 0 Å². The topological polar surface area (TPSA) is 83.5 Å². The molecule has 0 aromatic rings. The average molecular weight is 235 g/mol. The van der Waals surface area contributed by atoms with E-state index in [1.165, 1.54) is 6.92 Å². The van der Waals surface area contributed by atoms with Crippen LogP contribution >= 0.6 is 0 Å². The summed E-state index contributed by atoms with van der Waals surface area (Å²) in [6, 6.07) is 0. The zero-order valence-corrected chi connectivity index (χ0v) is 9.97. The summed E-state index contributed by atoms with van der Waals surface area (Å²) in [6.07, 6.45) is 1.55. The van der Waals surface area contributed by atoms with Gasteiger partial charge in [-0.3, -0.25) is 13.8 Å². The monoisotopic (exact) mass is 235 g/mol. The first-order valence-corrected chi connectivity index (χ1v) is 6.39. The van der Waals surface area contributed by atoms with Gasteiger partial charge < -0.3 is 10.4 Å². The molecule has 0 radical (unpaired) electrons. The van der Waals surface area contributed by atoms with Gasteiger partial charge in [0.05, 0.1) is 5.92 Å². The molecule has 15 heavy (non-hydrogen) atoms. The lowest BCUT2D eigenvalue weighted by molar-refractivity contribution is -0.146. The highest BCUT2D eigenvalue weighted by molar-refractivity contribution is 7.84. The highest BCUT2D eigenvalue weighted by Gasteiger charge is 2.25. The van der Waals surface area contributed by atoms with E-state index in [-0.39, 0.29) is 5.91 Å². The molecule has 88 valence electrons. The summed E-state index contributed by atoms with van der Waals surface area (Å²) in [5.41, 5.74) is 0. The maximum Gasteiger partial charge on any atom is 0.307 e. The molecule has 0 heterocycles. The van der Waals surface area contributed by atoms with Gasteiger partial charge in [0, 0.05) is 35.3 Å². The maximum absolute atomic E-state index is 11.4. The Morgan fingerprint density at radius 1 is 1.33 bits per heavy atom. The minimum atomic E-state index is -0.989. The van der Waals surface area contributed by atoms with E-state index in [4.69, 9.17) is 5.11 Å². The standard InChI is InChI=1S/C9H17NO4S/c1-6(7(2)9(12)13)8(11)10-4-5-15(3)14/h6-7H,4-5H2,1-3H3,(H,10,11)(H,12,13). The van der Waals surface area contributed by atoms with Crippen LogP contribution in [-0.2, 0) is 20.4 Å². The van der Waals surface area contributed by atoms with Crippen LogP contribution in [0.15, 0.2) is 0 Å². The molecule has 0 aliphatic heterocycles. The normalized spacial score (nSPS) is 16.5. The molecule has 0 saturated heterocycles. The van der Waals surface area contributed by atoms with Gasteiger partial charge >= 0.3 is 5.97 Å². The van der Waals surface area contributed by atoms with Crippen molar-refractivity contribution in [3.05, 3.63) is 0 Å². The maximum atomic E-state index is 11.4. The van der Waals surface area contributed by atoms with Crippen LogP contribution in [0.25, 0.3) is 0 Å². The van der Waals surface area contributed by atoms with Crippen molar-refractivity contribution < 1.29 is 18.9 Å². The van der Waals surface area contributed by atoms with Crippen LogP contribution in [0.3, 0.4) is 0 Å². The van der Waals surface area contributed by atoms with Crippen molar-refractivity contribution in [3.8, 4) is 0 Å². The summed E-state index contributed by atoms with van der Waals surface area (Å²) in [6.45, 7) is 3.38. The molecule has 5 nitrogen and oxygen atoms in total. The Hall–Kier alpha value is -0.910. The van der Waals surface area contributed by atoms with Gasteiger partial charge in [-0.05, 0) is 0 Å². The van der Waals surface area contributed by atoms with E-state index in [0.717, 1.165) is 0 Å². The smallest absolute Gasteiger partial charge is 0.307 e. The van der Waals surface area contributed by atoms with Crippen LogP contribution in [0, 0.1) is 11.8 Å². The van der Waals surface area contributed by atoms with Gasteiger partial charge in [-0.2, -0.15) is 0 Å². The fourth-order valence-corrected chi connectivity index (χ4v) is 1.31. The van der Waals surface area contributed by atoms with Gasteiger partial charge in [-0.15, -0.1) is 0 Å². The lowest BCUT2D eigenvalue weighted by atomic mass is 9.95. The van der Waals surface area contributed by atoms with Crippen LogP contribution in [0.1, 0.15) is 13.8 Å². The molecule has 0 aliphatic rings. The minimum absolute atomic E-state index is 0.310. The first kappa shape index (κ1) is 14.1. The number of carboxylic acid groups (broad SMARTS) is 1. The molecular weight excluding hydrogens is 218 g/mol. The van der Waals surface area contributed by atoms with E-state index in [1.54, 1.807) is 13.2 Å². The van der Waals surface area contributed by atoms with Crippen molar-refractivity contribution >= 4 is 22.7 Å². The zero-order valence-electron chi connectivity index (χ0n) is 9.15. The molecule has 0 aromatic carbocycles. The second-order valence-corrected chi connectivity index (χ2v) is 5.04. The Kier molecular flexibility index (Phi) is 6.15. The van der Waals surface area contributed by atoms with Crippen LogP contribution in [0.5, 0.6) is 0 Å². The predicted octanol–water partition coefficient (Wildman–Crippen LogP) is -0.162. The van der Waals surface area contributed by atoms with Crippen LogP contribution in [-0.4, -0.2) is 39.7 Å². The lowest BCUT2D eigenvalue weighted by Crippen LogP contribution is -2.36. The number of rotatable bonds is 6. The number of amides is 1.